The van der Waals surface area contributed by atoms with Crippen LogP contribution < -0.4 is 0 Å². The molecule has 0 bridgehead atoms. The Morgan fingerprint density at radius 1 is 0.312 bits per heavy atom. The lowest BCUT2D eigenvalue weighted by molar-refractivity contribution is 0.536. The first-order valence-corrected chi connectivity index (χ1v) is 21.8. The smallest absolute Gasteiger partial charge is 0.0276 e. The van der Waals surface area contributed by atoms with Crippen molar-refractivity contribution in [1.29, 1.82) is 0 Å². The zero-order chi connectivity index (χ0) is 37.8. The van der Waals surface area contributed by atoms with E-state index in [0.717, 1.165) is 0 Å². The van der Waals surface area contributed by atoms with Gasteiger partial charge in [-0.05, 0) is 87.3 Å². The maximum Gasteiger partial charge on any atom is 0.0276 e. The third-order valence-electron chi connectivity index (χ3n) is 10.4. The Morgan fingerprint density at radius 2 is 0.500 bits per heavy atom. The average molecular weight is 693 g/mol. The largest absolute Gasteiger partial charge is 0.0767 e. The monoisotopic (exact) mass is 693 g/mol. The van der Waals surface area contributed by atoms with Gasteiger partial charge in [0.1, 0.15) is 0 Å². The molecule has 1 saturated heterocycles. The van der Waals surface area contributed by atoms with Crippen LogP contribution in [-0.4, -0.2) is 10.3 Å². The van der Waals surface area contributed by atoms with Crippen molar-refractivity contribution < 1.29 is 0 Å². The van der Waals surface area contributed by atoms with Crippen LogP contribution in [0, 0.1) is 0 Å². The van der Waals surface area contributed by atoms with E-state index < -0.39 is 15.8 Å². The first-order valence-electron chi connectivity index (χ1n) is 18.9. The molecule has 0 N–H and O–H groups in total. The Hall–Kier alpha value is -0.700. The molecule has 0 spiro atoms. The van der Waals surface area contributed by atoms with Crippen molar-refractivity contribution in [2.24, 2.45) is 0 Å². The molecule has 2 aromatic carbocycles. The summed E-state index contributed by atoms with van der Waals surface area (Å²) in [6, 6.07) is 10.6. The zero-order valence-electron chi connectivity index (χ0n) is 36.4. The molecule has 48 heavy (non-hydrogen) atoms. The maximum absolute atomic E-state index is 2.64. The Bertz CT molecular complexity index is 1290. The molecule has 0 atom stereocenters. The predicted molar refractivity (Wildman–Crippen MR) is 224 cm³/mol. The van der Waals surface area contributed by atoms with Crippen molar-refractivity contribution in [2.75, 3.05) is 0 Å². The molecule has 1 aliphatic heterocycles. The minimum Gasteiger partial charge on any atom is -0.0767 e. The van der Waals surface area contributed by atoms with Gasteiger partial charge in [0.2, 0.25) is 0 Å². The van der Waals surface area contributed by atoms with E-state index in [1.54, 1.807) is 33.4 Å². The number of rotatable bonds is 2. The Balaban J connectivity index is 2.65. The second kappa shape index (κ2) is 12.5. The standard InChI is InChI=1S/C46H78P2/c1-39(2,3)29-25-31(41(7,8)9)35(32(26-29)42(10,11)12)37-47(45(19,20)21)38(48(37)46(22,23)24)36-33(43(13,14)15)27-30(40(4,5)6)28-34(36)44(16,17)18/h25-28,37-38H,1-24H3. The SMILES string of the molecule is CC(C)(C)c1cc(C(C)(C)C)c(C2P(C(C)(C)C)C(c3c(C(C)(C)C)cc(C(C)(C)C)cc3C(C)(C)C)P2C(C)(C)C)c(C(C)(C)C)c1. The highest BCUT2D eigenvalue weighted by molar-refractivity contribution is 7.92. The molecule has 0 aliphatic carbocycles. The van der Waals surface area contributed by atoms with E-state index in [0.29, 0.717) is 10.8 Å². The van der Waals surface area contributed by atoms with Gasteiger partial charge in [-0.25, -0.2) is 0 Å². The van der Waals surface area contributed by atoms with Gasteiger partial charge < -0.3 is 0 Å². The summed E-state index contributed by atoms with van der Waals surface area (Å²) in [7, 11) is -0.844. The second-order valence-corrected chi connectivity index (χ2v) is 30.6. The fourth-order valence-corrected chi connectivity index (χ4v) is 20.3. The Labute approximate surface area is 303 Å². The molecule has 0 unspecified atom stereocenters. The molecular formula is C46H78P2. The number of hydrogen-bond acceptors (Lipinski definition) is 0. The minimum atomic E-state index is -0.422. The van der Waals surface area contributed by atoms with Gasteiger partial charge in [0, 0.05) is 10.8 Å². The lowest BCUT2D eigenvalue weighted by Gasteiger charge is -2.65. The topological polar surface area (TPSA) is 0 Å². The van der Waals surface area contributed by atoms with Gasteiger partial charge in [0.25, 0.3) is 0 Å². The molecule has 1 fully saturated rings. The fourth-order valence-electron chi connectivity index (χ4n) is 7.70. The van der Waals surface area contributed by atoms with E-state index in [2.05, 4.69) is 190 Å². The van der Waals surface area contributed by atoms with Crippen LogP contribution in [0.4, 0.5) is 0 Å². The summed E-state index contributed by atoms with van der Waals surface area (Å²) >= 11 is 0. The van der Waals surface area contributed by atoms with Gasteiger partial charge in [-0.1, -0.05) is 206 Å². The van der Waals surface area contributed by atoms with Crippen molar-refractivity contribution in [3.8, 4) is 0 Å². The summed E-state index contributed by atoms with van der Waals surface area (Å²) in [5.74, 6) is 0. The van der Waals surface area contributed by atoms with E-state index in [1.807, 2.05) is 0 Å². The second-order valence-electron chi connectivity index (χ2n) is 23.4. The molecule has 272 valence electrons. The highest BCUT2D eigenvalue weighted by Crippen LogP contribution is 3.00. The lowest BCUT2D eigenvalue weighted by Crippen LogP contribution is -2.38. The molecule has 2 heteroatoms. The summed E-state index contributed by atoms with van der Waals surface area (Å²) in [4.78, 5) is 0. The molecule has 1 aliphatic rings. The summed E-state index contributed by atoms with van der Waals surface area (Å²) in [5, 5.41) is 1.60. The quantitative estimate of drug-likeness (QED) is 0.275. The highest BCUT2D eigenvalue weighted by atomic mass is 31.2. The van der Waals surface area contributed by atoms with E-state index in [9.17, 15) is 0 Å². The van der Waals surface area contributed by atoms with Gasteiger partial charge >= 0.3 is 0 Å². The van der Waals surface area contributed by atoms with E-state index in [4.69, 9.17) is 0 Å². The summed E-state index contributed by atoms with van der Waals surface area (Å²) in [6.45, 7) is 59.6. The van der Waals surface area contributed by atoms with Crippen molar-refractivity contribution in [2.45, 2.75) is 220 Å². The van der Waals surface area contributed by atoms with Crippen LogP contribution >= 0.6 is 15.8 Å². The summed E-state index contributed by atoms with van der Waals surface area (Å²) in [5.41, 5.74) is 13.3. The molecule has 2 aromatic rings. The third-order valence-corrected chi connectivity index (χ3v) is 19.7. The van der Waals surface area contributed by atoms with Crippen molar-refractivity contribution in [3.63, 3.8) is 0 Å². The molecule has 1 heterocycles. The van der Waals surface area contributed by atoms with Gasteiger partial charge in [-0.3, -0.25) is 0 Å². The minimum absolute atomic E-state index is 0.0565. The van der Waals surface area contributed by atoms with Crippen LogP contribution in [0.3, 0.4) is 0 Å². The normalized spacial score (nSPS) is 22.2. The number of benzene rings is 2. The van der Waals surface area contributed by atoms with Crippen LogP contribution in [-0.2, 0) is 32.5 Å². The van der Waals surface area contributed by atoms with Gasteiger partial charge in [0.05, 0.1) is 0 Å². The molecule has 0 amide bonds. The Morgan fingerprint density at radius 3 is 0.625 bits per heavy atom. The van der Waals surface area contributed by atoms with Gasteiger partial charge in [-0.2, -0.15) is 0 Å². The van der Waals surface area contributed by atoms with Crippen LogP contribution in [0.15, 0.2) is 24.3 Å². The number of hydrogen-bond donors (Lipinski definition) is 0. The molecule has 0 nitrogen and oxygen atoms in total. The third kappa shape index (κ3) is 8.33. The zero-order valence-corrected chi connectivity index (χ0v) is 38.1. The first kappa shape index (κ1) is 41.7. The van der Waals surface area contributed by atoms with E-state index >= 15 is 0 Å². The van der Waals surface area contributed by atoms with Crippen molar-refractivity contribution in [1.82, 2.24) is 0 Å². The van der Waals surface area contributed by atoms with Crippen LogP contribution in [0.5, 0.6) is 0 Å². The highest BCUT2D eigenvalue weighted by Gasteiger charge is 2.61. The molecule has 0 aromatic heterocycles. The molecule has 0 saturated carbocycles. The summed E-state index contributed by atoms with van der Waals surface area (Å²) < 4.78 is 0. The van der Waals surface area contributed by atoms with E-state index in [1.165, 1.54) is 11.1 Å². The van der Waals surface area contributed by atoms with Crippen LogP contribution in [0.1, 0.15) is 221 Å². The Kier molecular flexibility index (Phi) is 10.8. The van der Waals surface area contributed by atoms with Crippen molar-refractivity contribution in [3.05, 3.63) is 68.8 Å². The lowest BCUT2D eigenvalue weighted by atomic mass is 9.72. The predicted octanol–water partition coefficient (Wildman–Crippen LogP) is 15.7. The first-order chi connectivity index (χ1) is 20.9. The maximum atomic E-state index is 2.64. The summed E-state index contributed by atoms with van der Waals surface area (Å²) in [6.07, 6.45) is 0. The van der Waals surface area contributed by atoms with Crippen LogP contribution in [0.2, 0.25) is 0 Å². The molecule has 0 radical (unpaired) electrons. The average Bonchev–Trinajstić information content (AvgIpc) is 2.77. The molecular weight excluding hydrogens is 614 g/mol. The van der Waals surface area contributed by atoms with Gasteiger partial charge in [0.15, 0.2) is 0 Å². The fraction of sp³-hybridized carbons (Fsp3) is 0.739. The molecule has 3 rings (SSSR count). The van der Waals surface area contributed by atoms with Crippen molar-refractivity contribution >= 4 is 15.8 Å². The van der Waals surface area contributed by atoms with Gasteiger partial charge in [-0.15, -0.1) is 0 Å². The van der Waals surface area contributed by atoms with Crippen LogP contribution in [0.25, 0.3) is 0 Å². The van der Waals surface area contributed by atoms with E-state index in [-0.39, 0.29) is 42.8 Å².